The number of carboxylic acid groups (broad SMARTS) is 1. The second-order valence-electron chi connectivity index (χ2n) is 5.68. The van der Waals surface area contributed by atoms with E-state index < -0.39 is 11.9 Å². The zero-order valence-electron chi connectivity index (χ0n) is 12.5. The highest BCUT2D eigenvalue weighted by Crippen LogP contribution is 2.30. The maximum absolute atomic E-state index is 12.4. The minimum Gasteiger partial charge on any atom is -0.481 e. The lowest BCUT2D eigenvalue weighted by molar-refractivity contribution is -0.141. The smallest absolute Gasteiger partial charge is 0.308 e. The summed E-state index contributed by atoms with van der Waals surface area (Å²) in [6.07, 6.45) is 5.22. The lowest BCUT2D eigenvalue weighted by Crippen LogP contribution is -2.42. The molecule has 1 aliphatic rings. The van der Waals surface area contributed by atoms with Crippen LogP contribution in [0.5, 0.6) is 0 Å². The topological polar surface area (TPSA) is 57.6 Å². The number of hydrogen-bond acceptors (Lipinski definition) is 2. The Hall–Kier alpha value is -1.84. The van der Waals surface area contributed by atoms with Crippen LogP contribution in [0, 0.1) is 5.92 Å². The maximum Gasteiger partial charge on any atom is 0.308 e. The van der Waals surface area contributed by atoms with Crippen LogP contribution in [0.1, 0.15) is 44.6 Å². The molecular formula is C17H23NO3. The van der Waals surface area contributed by atoms with Crippen LogP contribution in [0.25, 0.3) is 0 Å². The van der Waals surface area contributed by atoms with Crippen LogP contribution in [0.4, 0.5) is 5.69 Å². The molecule has 1 aliphatic heterocycles. The SMILES string of the molecule is CCCCCCC(=O)N1CC(C(=O)O)Cc2ccccc21. The van der Waals surface area contributed by atoms with Crippen molar-refractivity contribution in [2.24, 2.45) is 5.92 Å². The fourth-order valence-corrected chi connectivity index (χ4v) is 2.84. The van der Waals surface area contributed by atoms with Crippen molar-refractivity contribution in [3.8, 4) is 0 Å². The monoisotopic (exact) mass is 289 g/mol. The van der Waals surface area contributed by atoms with Gasteiger partial charge in [-0.25, -0.2) is 0 Å². The molecule has 0 bridgehead atoms. The van der Waals surface area contributed by atoms with Gasteiger partial charge in [-0.05, 0) is 24.5 Å². The van der Waals surface area contributed by atoms with Crippen LogP contribution >= 0.6 is 0 Å². The molecular weight excluding hydrogens is 266 g/mol. The number of carbonyl (C=O) groups is 2. The number of anilines is 1. The van der Waals surface area contributed by atoms with Gasteiger partial charge in [0, 0.05) is 18.7 Å². The molecule has 1 heterocycles. The number of para-hydroxylation sites is 1. The quantitative estimate of drug-likeness (QED) is 0.818. The number of hydrogen-bond donors (Lipinski definition) is 1. The van der Waals surface area contributed by atoms with Crippen molar-refractivity contribution >= 4 is 17.6 Å². The van der Waals surface area contributed by atoms with E-state index in [0.717, 1.165) is 36.9 Å². The second-order valence-corrected chi connectivity index (χ2v) is 5.68. The van der Waals surface area contributed by atoms with Gasteiger partial charge in [-0.2, -0.15) is 0 Å². The van der Waals surface area contributed by atoms with Gasteiger partial charge in [0.1, 0.15) is 0 Å². The Kier molecular flexibility index (Phi) is 5.37. The largest absolute Gasteiger partial charge is 0.481 e. The van der Waals surface area contributed by atoms with Crippen LogP contribution in [-0.2, 0) is 16.0 Å². The molecule has 1 amide bonds. The molecule has 4 heteroatoms. The first-order valence-corrected chi connectivity index (χ1v) is 7.74. The lowest BCUT2D eigenvalue weighted by atomic mass is 9.92. The first-order valence-electron chi connectivity index (χ1n) is 7.74. The van der Waals surface area contributed by atoms with Crippen LogP contribution in [0.3, 0.4) is 0 Å². The molecule has 1 aromatic carbocycles. The van der Waals surface area contributed by atoms with Crippen molar-refractivity contribution in [3.63, 3.8) is 0 Å². The van der Waals surface area contributed by atoms with E-state index in [2.05, 4.69) is 6.92 Å². The van der Waals surface area contributed by atoms with E-state index in [4.69, 9.17) is 0 Å². The normalized spacial score (nSPS) is 17.4. The Bertz CT molecular complexity index is 513. The van der Waals surface area contributed by atoms with Gasteiger partial charge in [0.15, 0.2) is 0 Å². The molecule has 0 spiro atoms. The minimum absolute atomic E-state index is 0.0458. The summed E-state index contributed by atoms with van der Waals surface area (Å²) in [6.45, 7) is 2.43. The highest BCUT2D eigenvalue weighted by Gasteiger charge is 2.31. The number of rotatable bonds is 6. The molecule has 0 radical (unpaired) electrons. The summed E-state index contributed by atoms with van der Waals surface area (Å²) in [5.41, 5.74) is 1.84. The van der Waals surface area contributed by atoms with E-state index in [-0.39, 0.29) is 5.91 Å². The average molecular weight is 289 g/mol. The minimum atomic E-state index is -0.826. The fraction of sp³-hybridized carbons (Fsp3) is 0.529. The molecule has 0 aromatic heterocycles. The van der Waals surface area contributed by atoms with E-state index in [1.54, 1.807) is 4.90 Å². The predicted molar refractivity (Wildman–Crippen MR) is 82.4 cm³/mol. The molecule has 21 heavy (non-hydrogen) atoms. The summed E-state index contributed by atoms with van der Waals surface area (Å²) in [7, 11) is 0. The third-order valence-corrected chi connectivity index (χ3v) is 4.05. The van der Waals surface area contributed by atoms with E-state index in [1.807, 2.05) is 24.3 Å². The average Bonchev–Trinajstić information content (AvgIpc) is 2.50. The first kappa shape index (κ1) is 15.5. The summed E-state index contributed by atoms with van der Waals surface area (Å²) < 4.78 is 0. The summed E-state index contributed by atoms with van der Waals surface area (Å²) in [5.74, 6) is -1.28. The third-order valence-electron chi connectivity index (χ3n) is 4.05. The summed E-state index contributed by atoms with van der Waals surface area (Å²) in [5, 5.41) is 9.27. The second kappa shape index (κ2) is 7.25. The molecule has 0 saturated carbocycles. The van der Waals surface area contributed by atoms with Crippen LogP contribution in [0.15, 0.2) is 24.3 Å². The van der Waals surface area contributed by atoms with Gasteiger partial charge < -0.3 is 10.0 Å². The molecule has 0 fully saturated rings. The van der Waals surface area contributed by atoms with Gasteiger partial charge in [-0.15, -0.1) is 0 Å². The Morgan fingerprint density at radius 3 is 2.71 bits per heavy atom. The van der Waals surface area contributed by atoms with Crippen LogP contribution in [0.2, 0.25) is 0 Å². The van der Waals surface area contributed by atoms with E-state index in [9.17, 15) is 14.7 Å². The van der Waals surface area contributed by atoms with Crippen molar-refractivity contribution in [1.29, 1.82) is 0 Å². The zero-order valence-corrected chi connectivity index (χ0v) is 12.5. The van der Waals surface area contributed by atoms with Crippen molar-refractivity contribution in [1.82, 2.24) is 0 Å². The number of nitrogens with zero attached hydrogens (tertiary/aromatic N) is 1. The highest BCUT2D eigenvalue weighted by atomic mass is 16.4. The van der Waals surface area contributed by atoms with Crippen molar-refractivity contribution in [2.75, 3.05) is 11.4 Å². The molecule has 114 valence electrons. The number of carboxylic acids is 1. The van der Waals surface area contributed by atoms with Crippen LogP contribution < -0.4 is 4.90 Å². The number of unbranched alkanes of at least 4 members (excludes halogenated alkanes) is 3. The summed E-state index contributed by atoms with van der Waals surface area (Å²) in [6, 6.07) is 7.63. The number of aliphatic carboxylic acids is 1. The van der Waals surface area contributed by atoms with Gasteiger partial charge >= 0.3 is 5.97 Å². The standard InChI is InChI=1S/C17H23NO3/c1-2-3-4-5-10-16(19)18-12-14(17(20)21)11-13-8-6-7-9-15(13)18/h6-9,14H,2-5,10-12H2,1H3,(H,20,21). The van der Waals surface area contributed by atoms with Gasteiger partial charge in [0.05, 0.1) is 5.92 Å². The summed E-state index contributed by atoms with van der Waals surface area (Å²) >= 11 is 0. The molecule has 1 aromatic rings. The van der Waals surface area contributed by atoms with Gasteiger partial charge in [-0.3, -0.25) is 9.59 Å². The Morgan fingerprint density at radius 2 is 2.00 bits per heavy atom. The van der Waals surface area contributed by atoms with E-state index in [1.165, 1.54) is 0 Å². The van der Waals surface area contributed by atoms with Gasteiger partial charge in [0.2, 0.25) is 5.91 Å². The van der Waals surface area contributed by atoms with E-state index in [0.29, 0.717) is 19.4 Å². The molecule has 4 nitrogen and oxygen atoms in total. The van der Waals surface area contributed by atoms with Gasteiger partial charge in [-0.1, -0.05) is 44.4 Å². The van der Waals surface area contributed by atoms with E-state index >= 15 is 0 Å². The highest BCUT2D eigenvalue weighted by molar-refractivity contribution is 5.95. The Balaban J connectivity index is 2.09. The molecule has 1 unspecified atom stereocenters. The molecule has 1 N–H and O–H groups in total. The van der Waals surface area contributed by atoms with Crippen molar-refractivity contribution < 1.29 is 14.7 Å². The van der Waals surface area contributed by atoms with Crippen molar-refractivity contribution in [3.05, 3.63) is 29.8 Å². The number of benzene rings is 1. The predicted octanol–water partition coefficient (Wildman–Crippen LogP) is 3.25. The third kappa shape index (κ3) is 3.84. The maximum atomic E-state index is 12.4. The first-order chi connectivity index (χ1) is 10.1. The Labute approximate surface area is 125 Å². The zero-order chi connectivity index (χ0) is 15.2. The van der Waals surface area contributed by atoms with Crippen molar-refractivity contribution in [2.45, 2.75) is 45.4 Å². The molecule has 0 saturated heterocycles. The molecule has 0 aliphatic carbocycles. The summed E-state index contributed by atoms with van der Waals surface area (Å²) in [4.78, 5) is 25.4. The Morgan fingerprint density at radius 1 is 1.24 bits per heavy atom. The molecule has 1 atom stereocenters. The van der Waals surface area contributed by atoms with Gasteiger partial charge in [0.25, 0.3) is 0 Å². The van der Waals surface area contributed by atoms with Crippen LogP contribution in [-0.4, -0.2) is 23.5 Å². The number of fused-ring (bicyclic) bond motifs is 1. The lowest BCUT2D eigenvalue weighted by Gasteiger charge is -2.33. The number of carbonyl (C=O) groups excluding carboxylic acids is 1. The number of amides is 1. The molecule has 2 rings (SSSR count). The fourth-order valence-electron chi connectivity index (χ4n) is 2.84.